The lowest BCUT2D eigenvalue weighted by atomic mass is 10.1. The molecule has 8 heteroatoms. The fourth-order valence-electron chi connectivity index (χ4n) is 5.10. The van der Waals surface area contributed by atoms with Crippen LogP contribution >= 0.6 is 0 Å². The average Bonchev–Trinajstić information content (AvgIpc) is 3.40. The molecule has 4 aliphatic rings. The number of piperidine rings is 1. The van der Waals surface area contributed by atoms with E-state index in [-0.39, 0.29) is 6.17 Å². The first kappa shape index (κ1) is 23.7. The maximum atomic E-state index is 5.07. The zero-order valence-electron chi connectivity index (χ0n) is 20.9. The van der Waals surface area contributed by atoms with Crippen molar-refractivity contribution in [3.63, 3.8) is 0 Å². The molecule has 0 spiro atoms. The minimum atomic E-state index is 0.132. The van der Waals surface area contributed by atoms with Gasteiger partial charge in [-0.3, -0.25) is 15.0 Å². The average molecular weight is 453 g/mol. The van der Waals surface area contributed by atoms with Crippen molar-refractivity contribution in [1.29, 1.82) is 0 Å². The molecule has 0 N–H and O–H groups in total. The quantitative estimate of drug-likeness (QED) is 0.335. The van der Waals surface area contributed by atoms with Gasteiger partial charge in [-0.1, -0.05) is 6.92 Å². The van der Waals surface area contributed by atoms with E-state index in [1.807, 2.05) is 13.1 Å². The summed E-state index contributed by atoms with van der Waals surface area (Å²) in [5, 5.41) is 4.40. The third kappa shape index (κ3) is 5.37. The Balaban J connectivity index is 1.42. The van der Waals surface area contributed by atoms with Gasteiger partial charge in [-0.2, -0.15) is 5.01 Å². The Morgan fingerprint density at radius 1 is 1.18 bits per heavy atom. The second-order valence-electron chi connectivity index (χ2n) is 9.73. The van der Waals surface area contributed by atoms with Crippen LogP contribution in [0.2, 0.25) is 0 Å². The molecule has 0 aromatic rings. The van der Waals surface area contributed by atoms with Crippen molar-refractivity contribution >= 4 is 24.1 Å². The van der Waals surface area contributed by atoms with E-state index in [1.165, 1.54) is 25.7 Å². The molecule has 33 heavy (non-hydrogen) atoms. The van der Waals surface area contributed by atoms with Gasteiger partial charge < -0.3 is 9.80 Å². The van der Waals surface area contributed by atoms with Crippen LogP contribution in [0.5, 0.6) is 0 Å². The van der Waals surface area contributed by atoms with Crippen LogP contribution in [0.3, 0.4) is 0 Å². The molecule has 2 fully saturated rings. The van der Waals surface area contributed by atoms with Gasteiger partial charge >= 0.3 is 0 Å². The number of fused-ring (bicyclic) bond motifs is 1. The molecule has 2 atom stereocenters. The molecule has 0 aromatic carbocycles. The molecular weight excluding hydrogens is 412 g/mol. The second kappa shape index (κ2) is 10.6. The van der Waals surface area contributed by atoms with Crippen LogP contribution in [0.4, 0.5) is 0 Å². The molecule has 180 valence electrons. The summed E-state index contributed by atoms with van der Waals surface area (Å²) in [6, 6.07) is 0. The first-order valence-corrected chi connectivity index (χ1v) is 12.5. The number of allylic oxidation sites excluding steroid dienone is 1. The zero-order valence-corrected chi connectivity index (χ0v) is 20.9. The number of hydrogen-bond donors (Lipinski definition) is 0. The lowest BCUT2D eigenvalue weighted by molar-refractivity contribution is 0.0852. The number of rotatable bonds is 7. The summed E-state index contributed by atoms with van der Waals surface area (Å²) in [5.41, 5.74) is 2.09. The standard InChI is InChI=1S/C25H40N8/c1-19-11-15-32(18-19)23(26-4)16-24(31-13-7-6-8-14-31)27-12-9-10-22-29-25-21(3)28-17-20(2)33(25)30(22)5/h16-17,19,22H,4,6-15,18H2,1-3,5H3/b23-16+,27-24?. The van der Waals surface area contributed by atoms with Crippen LogP contribution in [-0.2, 0) is 0 Å². The van der Waals surface area contributed by atoms with E-state index in [9.17, 15) is 0 Å². The maximum absolute atomic E-state index is 5.07. The minimum Gasteiger partial charge on any atom is -0.357 e. The van der Waals surface area contributed by atoms with Gasteiger partial charge in [0.2, 0.25) is 0 Å². The van der Waals surface area contributed by atoms with E-state index in [1.54, 1.807) is 0 Å². The van der Waals surface area contributed by atoms with E-state index >= 15 is 0 Å². The predicted octanol–water partition coefficient (Wildman–Crippen LogP) is 3.76. The smallest absolute Gasteiger partial charge is 0.166 e. The Morgan fingerprint density at radius 3 is 2.64 bits per heavy atom. The van der Waals surface area contributed by atoms with Crippen molar-refractivity contribution in [3.05, 3.63) is 23.8 Å². The zero-order chi connectivity index (χ0) is 23.4. The Labute approximate surface area is 199 Å². The summed E-state index contributed by atoms with van der Waals surface area (Å²) in [6.07, 6.45) is 11.2. The second-order valence-corrected chi connectivity index (χ2v) is 9.73. The minimum absolute atomic E-state index is 0.132. The SMILES string of the molecule is C=N/C(=C\C(=NCCCC1N=C2C(C)=NC=C(C)N2N1C)N1CCCCC1)N1CCC(C)C1. The van der Waals surface area contributed by atoms with E-state index < -0.39 is 0 Å². The number of hydrogen-bond acceptors (Lipinski definition) is 7. The molecule has 0 amide bonds. The van der Waals surface area contributed by atoms with Crippen LogP contribution in [0, 0.1) is 5.92 Å². The lowest BCUT2D eigenvalue weighted by Crippen LogP contribution is -2.44. The lowest BCUT2D eigenvalue weighted by Gasteiger charge is -2.32. The van der Waals surface area contributed by atoms with E-state index in [4.69, 9.17) is 9.98 Å². The fourth-order valence-corrected chi connectivity index (χ4v) is 5.10. The number of hydrazine groups is 1. The van der Waals surface area contributed by atoms with E-state index in [0.717, 1.165) is 74.5 Å². The van der Waals surface area contributed by atoms with Crippen molar-refractivity contribution in [3.8, 4) is 0 Å². The first-order chi connectivity index (χ1) is 16.0. The Morgan fingerprint density at radius 2 is 1.97 bits per heavy atom. The summed E-state index contributed by atoms with van der Waals surface area (Å²) in [6.45, 7) is 15.3. The number of aliphatic imine (C=N–C) groups is 4. The Hall–Kier alpha value is -2.48. The van der Waals surface area contributed by atoms with Gasteiger partial charge in [0.15, 0.2) is 5.84 Å². The summed E-state index contributed by atoms with van der Waals surface area (Å²) >= 11 is 0. The van der Waals surface area contributed by atoms with Gasteiger partial charge in [-0.25, -0.2) is 9.98 Å². The molecule has 2 saturated heterocycles. The molecule has 4 aliphatic heterocycles. The number of likely N-dealkylation sites (tertiary alicyclic amines) is 2. The largest absolute Gasteiger partial charge is 0.357 e. The highest BCUT2D eigenvalue weighted by Gasteiger charge is 2.34. The Bertz CT molecular complexity index is 877. The van der Waals surface area contributed by atoms with Crippen molar-refractivity contribution in [1.82, 2.24) is 19.8 Å². The summed E-state index contributed by atoms with van der Waals surface area (Å²) < 4.78 is 0. The molecule has 2 unspecified atom stereocenters. The van der Waals surface area contributed by atoms with E-state index in [2.05, 4.69) is 63.5 Å². The summed E-state index contributed by atoms with van der Waals surface area (Å²) in [7, 11) is 2.11. The molecule has 4 rings (SSSR count). The highest BCUT2D eigenvalue weighted by molar-refractivity contribution is 6.41. The van der Waals surface area contributed by atoms with Crippen LogP contribution in [0.1, 0.15) is 59.3 Å². The molecule has 0 aromatic heterocycles. The molecular formula is C25H40N8. The van der Waals surface area contributed by atoms with E-state index in [0.29, 0.717) is 5.92 Å². The van der Waals surface area contributed by atoms with Gasteiger partial charge in [0, 0.05) is 52.0 Å². The summed E-state index contributed by atoms with van der Waals surface area (Å²) in [5.74, 6) is 3.73. The molecule has 0 saturated carbocycles. The van der Waals surface area contributed by atoms with Crippen LogP contribution in [-0.4, -0.2) is 89.9 Å². The summed E-state index contributed by atoms with van der Waals surface area (Å²) in [4.78, 5) is 23.7. The highest BCUT2D eigenvalue weighted by Crippen LogP contribution is 2.26. The third-order valence-electron chi connectivity index (χ3n) is 7.06. The Kier molecular flexibility index (Phi) is 7.63. The third-order valence-corrected chi connectivity index (χ3v) is 7.06. The molecule has 0 radical (unpaired) electrons. The van der Waals surface area contributed by atoms with Crippen molar-refractivity contribution in [2.75, 3.05) is 39.8 Å². The predicted molar refractivity (Wildman–Crippen MR) is 138 cm³/mol. The molecule has 0 aliphatic carbocycles. The highest BCUT2D eigenvalue weighted by atomic mass is 15.7. The van der Waals surface area contributed by atoms with Crippen LogP contribution in [0.15, 0.2) is 43.8 Å². The van der Waals surface area contributed by atoms with Crippen LogP contribution < -0.4 is 0 Å². The topological polar surface area (TPSA) is 62.4 Å². The number of amidine groups is 2. The van der Waals surface area contributed by atoms with Crippen molar-refractivity contribution in [2.24, 2.45) is 25.9 Å². The van der Waals surface area contributed by atoms with Gasteiger partial charge in [0.1, 0.15) is 17.8 Å². The normalized spacial score (nSPS) is 26.9. The van der Waals surface area contributed by atoms with Gasteiger partial charge in [-0.15, -0.1) is 0 Å². The molecule has 8 nitrogen and oxygen atoms in total. The first-order valence-electron chi connectivity index (χ1n) is 12.5. The van der Waals surface area contributed by atoms with Gasteiger partial charge in [0.25, 0.3) is 0 Å². The maximum Gasteiger partial charge on any atom is 0.166 e. The monoisotopic (exact) mass is 452 g/mol. The van der Waals surface area contributed by atoms with Gasteiger partial charge in [-0.05, 0) is 65.0 Å². The molecule has 4 heterocycles. The molecule has 0 bridgehead atoms. The van der Waals surface area contributed by atoms with Crippen molar-refractivity contribution < 1.29 is 0 Å². The van der Waals surface area contributed by atoms with Gasteiger partial charge in [0.05, 0.1) is 11.4 Å². The van der Waals surface area contributed by atoms with Crippen molar-refractivity contribution in [2.45, 2.75) is 65.5 Å². The fraction of sp³-hybridized carbons (Fsp3) is 0.680. The van der Waals surface area contributed by atoms with Crippen LogP contribution in [0.25, 0.3) is 0 Å². The number of nitrogens with zero attached hydrogens (tertiary/aromatic N) is 8.